The molecule has 8 nitrogen and oxygen atoms in total. The van der Waals surface area contributed by atoms with Crippen molar-refractivity contribution < 1.29 is 23.5 Å². The number of carbonyl (C=O) groups excluding carboxylic acids is 2. The van der Waals surface area contributed by atoms with Gasteiger partial charge in [0.15, 0.2) is 17.4 Å². The fraction of sp³-hybridized carbons (Fsp3) is 0.227. The van der Waals surface area contributed by atoms with E-state index in [0.29, 0.717) is 53.5 Å². The van der Waals surface area contributed by atoms with Crippen LogP contribution in [0.2, 0.25) is 0 Å². The molecule has 0 aromatic heterocycles. The van der Waals surface area contributed by atoms with Crippen LogP contribution in [-0.4, -0.2) is 31.0 Å². The summed E-state index contributed by atoms with van der Waals surface area (Å²) in [6.45, 7) is 0.687. The van der Waals surface area contributed by atoms with Gasteiger partial charge in [-0.05, 0) is 36.4 Å². The molecule has 9 heteroatoms. The van der Waals surface area contributed by atoms with Gasteiger partial charge >= 0.3 is 0 Å². The van der Waals surface area contributed by atoms with Crippen LogP contribution in [0, 0.1) is 0 Å². The van der Waals surface area contributed by atoms with Crippen LogP contribution >= 0.6 is 0 Å². The standard InChI is InChI=1S/C22H19FN4O4/c23-16-11-25-22(24,12-1-3-19-14(9-12)17(28)5-7-30-19)27-21(16)26-13-2-4-20-15(10-13)18(29)6-8-31-20/h1-4,9-11,26-27H,5-8,24H2. The zero-order valence-corrected chi connectivity index (χ0v) is 16.4. The van der Waals surface area contributed by atoms with E-state index < -0.39 is 11.6 Å². The third-order valence-corrected chi connectivity index (χ3v) is 5.38. The Morgan fingerprint density at radius 1 is 1.00 bits per heavy atom. The Labute approximate surface area is 176 Å². The number of aliphatic imine (C=N–C) groups is 1. The largest absolute Gasteiger partial charge is 0.492 e. The van der Waals surface area contributed by atoms with E-state index in [4.69, 9.17) is 15.2 Å². The lowest BCUT2D eigenvalue weighted by Crippen LogP contribution is -2.51. The van der Waals surface area contributed by atoms with Crippen molar-refractivity contribution in [1.29, 1.82) is 0 Å². The number of Topliss-reactive ketones (excluding diaryl/α,β-unsaturated/α-hetero) is 2. The zero-order valence-electron chi connectivity index (χ0n) is 16.4. The lowest BCUT2D eigenvalue weighted by molar-refractivity contribution is 0.0924. The molecule has 2 aromatic carbocycles. The van der Waals surface area contributed by atoms with E-state index in [-0.39, 0.29) is 23.8 Å². The molecule has 1 unspecified atom stereocenters. The molecule has 0 fully saturated rings. The van der Waals surface area contributed by atoms with Crippen LogP contribution in [0.4, 0.5) is 10.1 Å². The van der Waals surface area contributed by atoms with E-state index in [2.05, 4.69) is 15.6 Å². The Kier molecular flexibility index (Phi) is 4.48. The van der Waals surface area contributed by atoms with Gasteiger partial charge in [0.2, 0.25) is 5.79 Å². The molecule has 0 bridgehead atoms. The van der Waals surface area contributed by atoms with Gasteiger partial charge in [-0.15, -0.1) is 0 Å². The first-order chi connectivity index (χ1) is 14.9. The van der Waals surface area contributed by atoms with E-state index >= 15 is 0 Å². The Balaban J connectivity index is 1.43. The highest BCUT2D eigenvalue weighted by Crippen LogP contribution is 2.32. The van der Waals surface area contributed by atoms with Gasteiger partial charge in [-0.25, -0.2) is 9.38 Å². The van der Waals surface area contributed by atoms with Gasteiger partial charge in [0.1, 0.15) is 17.3 Å². The summed E-state index contributed by atoms with van der Waals surface area (Å²) in [7, 11) is 0. The van der Waals surface area contributed by atoms with Gasteiger partial charge in [-0.3, -0.25) is 15.3 Å². The lowest BCUT2D eigenvalue weighted by Gasteiger charge is -2.33. The Morgan fingerprint density at radius 3 is 2.35 bits per heavy atom. The SMILES string of the molecule is NC1(c2ccc3c(c2)C(=O)CCO3)N=CC(F)=C(Nc2ccc3c(c2)C(=O)CCO3)N1. The van der Waals surface area contributed by atoms with Gasteiger partial charge in [0, 0.05) is 24.1 Å². The number of fused-ring (bicyclic) bond motifs is 2. The number of hydrogen-bond acceptors (Lipinski definition) is 8. The molecule has 0 spiro atoms. The molecule has 3 heterocycles. The number of benzene rings is 2. The monoisotopic (exact) mass is 422 g/mol. The topological polar surface area (TPSA) is 115 Å². The summed E-state index contributed by atoms with van der Waals surface area (Å²) in [5, 5.41) is 5.78. The molecule has 0 aliphatic carbocycles. The van der Waals surface area contributed by atoms with Crippen LogP contribution in [-0.2, 0) is 5.79 Å². The predicted octanol–water partition coefficient (Wildman–Crippen LogP) is 2.61. The maximum Gasteiger partial charge on any atom is 0.210 e. The number of rotatable bonds is 3. The number of hydrogen-bond donors (Lipinski definition) is 3. The molecule has 31 heavy (non-hydrogen) atoms. The van der Waals surface area contributed by atoms with Crippen molar-refractivity contribution >= 4 is 23.5 Å². The number of nitrogens with zero attached hydrogens (tertiary/aromatic N) is 1. The summed E-state index contributed by atoms with van der Waals surface area (Å²) >= 11 is 0. The molecule has 0 saturated carbocycles. The lowest BCUT2D eigenvalue weighted by atomic mass is 9.98. The fourth-order valence-corrected chi connectivity index (χ4v) is 3.73. The van der Waals surface area contributed by atoms with Crippen molar-refractivity contribution in [3.8, 4) is 11.5 Å². The average Bonchev–Trinajstić information content (AvgIpc) is 2.77. The predicted molar refractivity (Wildman–Crippen MR) is 111 cm³/mol. The van der Waals surface area contributed by atoms with Crippen molar-refractivity contribution in [3.63, 3.8) is 0 Å². The second-order valence-corrected chi connectivity index (χ2v) is 7.46. The Bertz CT molecular complexity index is 1180. The smallest absolute Gasteiger partial charge is 0.210 e. The third kappa shape index (κ3) is 3.42. The summed E-state index contributed by atoms with van der Waals surface area (Å²) in [4.78, 5) is 28.5. The van der Waals surface area contributed by atoms with Crippen LogP contribution < -0.4 is 25.8 Å². The van der Waals surface area contributed by atoms with Crippen molar-refractivity contribution in [2.75, 3.05) is 18.5 Å². The molecule has 0 radical (unpaired) electrons. The molecule has 0 saturated heterocycles. The summed E-state index contributed by atoms with van der Waals surface area (Å²) in [6.07, 6.45) is 1.60. The molecule has 158 valence electrons. The highest BCUT2D eigenvalue weighted by molar-refractivity contribution is 6.01. The van der Waals surface area contributed by atoms with Gasteiger partial charge in [-0.2, -0.15) is 0 Å². The second kappa shape index (κ2) is 7.21. The van der Waals surface area contributed by atoms with E-state index in [1.807, 2.05) is 0 Å². The number of allylic oxidation sites excluding steroid dienone is 1. The van der Waals surface area contributed by atoms with Crippen molar-refractivity contribution in [1.82, 2.24) is 5.32 Å². The molecule has 1 atom stereocenters. The maximum absolute atomic E-state index is 14.5. The van der Waals surface area contributed by atoms with Crippen LogP contribution in [0.25, 0.3) is 0 Å². The minimum atomic E-state index is -1.50. The first-order valence-electron chi connectivity index (χ1n) is 9.83. The number of nitrogens with one attached hydrogen (secondary N) is 2. The Hall–Kier alpha value is -3.72. The normalized spacial score (nSPS) is 22.1. The highest BCUT2D eigenvalue weighted by atomic mass is 19.1. The summed E-state index contributed by atoms with van der Waals surface area (Å²) in [6, 6.07) is 9.89. The number of ketones is 2. The minimum absolute atomic E-state index is 0.0121. The van der Waals surface area contributed by atoms with E-state index in [9.17, 15) is 14.0 Å². The maximum atomic E-state index is 14.5. The quantitative estimate of drug-likeness (QED) is 0.696. The van der Waals surface area contributed by atoms with Crippen molar-refractivity contribution in [2.45, 2.75) is 18.6 Å². The number of nitrogens with two attached hydrogens (primary N) is 1. The highest BCUT2D eigenvalue weighted by Gasteiger charge is 2.33. The summed E-state index contributed by atoms with van der Waals surface area (Å²) in [5.74, 6) is -1.26. The van der Waals surface area contributed by atoms with E-state index in [0.717, 1.165) is 6.21 Å². The summed E-state index contributed by atoms with van der Waals surface area (Å²) in [5.41, 5.74) is 8.24. The van der Waals surface area contributed by atoms with Crippen LogP contribution in [0.15, 0.2) is 53.0 Å². The van der Waals surface area contributed by atoms with E-state index in [1.165, 1.54) is 0 Å². The molecule has 2 aromatic rings. The first kappa shape index (κ1) is 19.3. The number of halogens is 1. The second-order valence-electron chi connectivity index (χ2n) is 7.46. The van der Waals surface area contributed by atoms with Crippen LogP contribution in [0.5, 0.6) is 11.5 Å². The number of carbonyl (C=O) groups is 2. The van der Waals surface area contributed by atoms with Gasteiger partial charge in [-0.1, -0.05) is 0 Å². The van der Waals surface area contributed by atoms with E-state index in [1.54, 1.807) is 36.4 Å². The average molecular weight is 422 g/mol. The molecular weight excluding hydrogens is 403 g/mol. The Morgan fingerprint density at radius 2 is 1.65 bits per heavy atom. The number of ether oxygens (including phenoxy) is 2. The zero-order chi connectivity index (χ0) is 21.6. The summed E-state index contributed by atoms with van der Waals surface area (Å²) < 4.78 is 25.5. The van der Waals surface area contributed by atoms with Gasteiger partial charge in [0.25, 0.3) is 0 Å². The molecule has 0 amide bonds. The third-order valence-electron chi connectivity index (χ3n) is 5.38. The first-order valence-corrected chi connectivity index (χ1v) is 9.83. The van der Waals surface area contributed by atoms with Crippen LogP contribution in [0.3, 0.4) is 0 Å². The van der Waals surface area contributed by atoms with Crippen LogP contribution in [0.1, 0.15) is 39.1 Å². The van der Waals surface area contributed by atoms with Crippen molar-refractivity contribution in [2.24, 2.45) is 10.7 Å². The van der Waals surface area contributed by atoms with Gasteiger partial charge in [0.05, 0.1) is 30.6 Å². The molecular formula is C22H19FN4O4. The van der Waals surface area contributed by atoms with Gasteiger partial charge < -0.3 is 20.1 Å². The molecule has 3 aliphatic rings. The minimum Gasteiger partial charge on any atom is -0.492 e. The van der Waals surface area contributed by atoms with Crippen molar-refractivity contribution in [3.05, 3.63) is 64.7 Å². The molecule has 5 rings (SSSR count). The fourth-order valence-electron chi connectivity index (χ4n) is 3.73. The number of anilines is 1. The molecule has 3 aliphatic heterocycles. The molecule has 4 N–H and O–H groups in total.